The first-order valence-corrected chi connectivity index (χ1v) is 14.3. The standard InChI is InChI=1S/C22H18N.C17H12N.Ir/c1-14-5-10-20(23-13-14)19-11-17-8-6-15-3-2-4-16-7-9-18(12-19)22(17)21(15)16;1-3-7-14(8-4-1)16-11-12-18-17(13-16)15-9-5-2-6-10-15;/h2-5,10-11,13H,6-9H2,1H3;1-9,11-13H;/q2*-1;. The SMILES string of the molecule is Cc1ccc(-c2[c-]c3c4c(c2)CCc2cccc(c2-4)CC3)nc1.[Ir].[c-]1ccccc1-c1cc(-c2ccccc2)ccn1. The third kappa shape index (κ3) is 5.63. The monoisotopic (exact) mass is 719 g/mol. The summed E-state index contributed by atoms with van der Waals surface area (Å²) in [5.74, 6) is 0. The molecule has 0 amide bonds. The second-order valence-corrected chi connectivity index (χ2v) is 10.8. The Hall–Kier alpha value is -4.17. The minimum Gasteiger partial charge on any atom is -0.305 e. The average molecular weight is 719 g/mol. The zero-order chi connectivity index (χ0) is 27.6. The fourth-order valence-electron chi connectivity index (χ4n) is 6.02. The molecule has 1 radical (unpaired) electrons. The Kier molecular flexibility index (Phi) is 8.24. The van der Waals surface area contributed by atoms with Gasteiger partial charge in [-0.1, -0.05) is 77.9 Å². The van der Waals surface area contributed by atoms with E-state index in [0.717, 1.165) is 48.2 Å². The molecule has 42 heavy (non-hydrogen) atoms. The Morgan fingerprint density at radius 3 is 2.14 bits per heavy atom. The molecular formula is C39H30IrN2-2. The van der Waals surface area contributed by atoms with Crippen molar-refractivity contribution in [2.45, 2.75) is 32.6 Å². The largest absolute Gasteiger partial charge is 0.305 e. The van der Waals surface area contributed by atoms with Crippen molar-refractivity contribution in [3.8, 4) is 44.8 Å². The van der Waals surface area contributed by atoms with E-state index < -0.39 is 0 Å². The van der Waals surface area contributed by atoms with Gasteiger partial charge >= 0.3 is 0 Å². The van der Waals surface area contributed by atoms with Crippen molar-refractivity contribution in [1.29, 1.82) is 0 Å². The number of rotatable bonds is 3. The molecule has 0 bridgehead atoms. The number of nitrogens with zero attached hydrogens (tertiary/aromatic N) is 2. The molecular weight excluding hydrogens is 689 g/mol. The van der Waals surface area contributed by atoms with Crippen LogP contribution in [0.25, 0.3) is 44.8 Å². The maximum absolute atomic E-state index is 4.60. The molecule has 0 N–H and O–H groups in total. The van der Waals surface area contributed by atoms with Crippen LogP contribution in [-0.4, -0.2) is 9.97 Å². The van der Waals surface area contributed by atoms with Crippen molar-refractivity contribution >= 4 is 0 Å². The van der Waals surface area contributed by atoms with E-state index in [-0.39, 0.29) is 20.1 Å². The molecule has 2 aliphatic carbocycles. The average Bonchev–Trinajstić information content (AvgIpc) is 3.05. The number of benzene rings is 4. The normalized spacial score (nSPS) is 12.3. The van der Waals surface area contributed by atoms with Crippen LogP contribution in [0.2, 0.25) is 0 Å². The molecule has 0 saturated carbocycles. The van der Waals surface area contributed by atoms with Gasteiger partial charge in [-0.25, -0.2) is 0 Å². The van der Waals surface area contributed by atoms with Gasteiger partial charge in [-0.3, -0.25) is 0 Å². The van der Waals surface area contributed by atoms with Crippen molar-refractivity contribution in [3.05, 3.63) is 155 Å². The molecule has 8 rings (SSSR count). The Labute approximate surface area is 261 Å². The molecule has 0 fully saturated rings. The molecule has 0 atom stereocenters. The van der Waals surface area contributed by atoms with Crippen LogP contribution in [0, 0.1) is 19.1 Å². The molecule has 2 aliphatic rings. The summed E-state index contributed by atoms with van der Waals surface area (Å²) >= 11 is 0. The summed E-state index contributed by atoms with van der Waals surface area (Å²) in [5, 5.41) is 0. The Morgan fingerprint density at radius 1 is 0.595 bits per heavy atom. The topological polar surface area (TPSA) is 25.8 Å². The van der Waals surface area contributed by atoms with E-state index in [9.17, 15) is 0 Å². The van der Waals surface area contributed by atoms with Crippen molar-refractivity contribution in [2.24, 2.45) is 0 Å². The second kappa shape index (κ2) is 12.4. The van der Waals surface area contributed by atoms with Gasteiger partial charge in [-0.2, -0.15) is 0 Å². The molecule has 2 nitrogen and oxygen atoms in total. The van der Waals surface area contributed by atoms with Gasteiger partial charge < -0.3 is 9.97 Å². The molecule has 6 aromatic rings. The second-order valence-electron chi connectivity index (χ2n) is 10.8. The summed E-state index contributed by atoms with van der Waals surface area (Å²) in [7, 11) is 0. The molecule has 4 aromatic carbocycles. The molecule has 0 aliphatic heterocycles. The first kappa shape index (κ1) is 28.0. The Balaban J connectivity index is 0.000000151. The predicted octanol–water partition coefficient (Wildman–Crippen LogP) is 8.93. The van der Waals surface area contributed by atoms with Crippen molar-refractivity contribution in [3.63, 3.8) is 0 Å². The Bertz CT molecular complexity index is 1730. The molecule has 207 valence electrons. The summed E-state index contributed by atoms with van der Waals surface area (Å²) in [6, 6.07) is 42.6. The van der Waals surface area contributed by atoms with E-state index in [0.29, 0.717) is 0 Å². The first-order chi connectivity index (χ1) is 20.2. The third-order valence-corrected chi connectivity index (χ3v) is 8.06. The van der Waals surface area contributed by atoms with Crippen LogP contribution in [0.15, 0.2) is 116 Å². The van der Waals surface area contributed by atoms with E-state index in [4.69, 9.17) is 0 Å². The zero-order valence-electron chi connectivity index (χ0n) is 23.5. The zero-order valence-corrected chi connectivity index (χ0v) is 25.9. The van der Waals surface area contributed by atoms with Crippen LogP contribution in [-0.2, 0) is 45.8 Å². The molecule has 0 saturated heterocycles. The van der Waals surface area contributed by atoms with Crippen molar-refractivity contribution < 1.29 is 20.1 Å². The fraction of sp³-hybridized carbons (Fsp3) is 0.128. The van der Waals surface area contributed by atoms with Gasteiger partial charge in [-0.05, 0) is 77.9 Å². The van der Waals surface area contributed by atoms with Crippen LogP contribution in [0.5, 0.6) is 0 Å². The van der Waals surface area contributed by atoms with E-state index in [2.05, 4.69) is 83.6 Å². The molecule has 0 unspecified atom stereocenters. The van der Waals surface area contributed by atoms with Gasteiger partial charge in [-0.15, -0.1) is 64.7 Å². The van der Waals surface area contributed by atoms with Gasteiger partial charge in [0.2, 0.25) is 0 Å². The predicted molar refractivity (Wildman–Crippen MR) is 167 cm³/mol. The Morgan fingerprint density at radius 2 is 1.38 bits per heavy atom. The maximum atomic E-state index is 4.60. The van der Waals surface area contributed by atoms with E-state index in [1.54, 1.807) is 0 Å². The number of aryl methyl sites for hydroxylation is 5. The summed E-state index contributed by atoms with van der Waals surface area (Å²) in [4.78, 5) is 9.01. The molecule has 2 heterocycles. The van der Waals surface area contributed by atoms with Crippen LogP contribution in [0.4, 0.5) is 0 Å². The van der Waals surface area contributed by atoms with Crippen LogP contribution in [0.1, 0.15) is 27.8 Å². The van der Waals surface area contributed by atoms with Gasteiger partial charge in [0, 0.05) is 32.5 Å². The number of hydrogen-bond acceptors (Lipinski definition) is 2. The minimum absolute atomic E-state index is 0. The third-order valence-electron chi connectivity index (χ3n) is 8.06. The number of hydrogen-bond donors (Lipinski definition) is 0. The quantitative estimate of drug-likeness (QED) is 0.171. The molecule has 0 spiro atoms. The van der Waals surface area contributed by atoms with Gasteiger partial charge in [0.1, 0.15) is 0 Å². The summed E-state index contributed by atoms with van der Waals surface area (Å²) in [6.07, 6.45) is 8.31. The number of pyridine rings is 2. The minimum atomic E-state index is 0. The van der Waals surface area contributed by atoms with Gasteiger partial charge in [0.25, 0.3) is 0 Å². The number of aromatic nitrogens is 2. The van der Waals surface area contributed by atoms with E-state index in [1.807, 2.05) is 60.9 Å². The van der Waals surface area contributed by atoms with E-state index >= 15 is 0 Å². The molecule has 2 aromatic heterocycles. The van der Waals surface area contributed by atoms with Gasteiger partial charge in [0.15, 0.2) is 0 Å². The van der Waals surface area contributed by atoms with Crippen LogP contribution >= 0.6 is 0 Å². The summed E-state index contributed by atoms with van der Waals surface area (Å²) in [6.45, 7) is 2.08. The van der Waals surface area contributed by atoms with Crippen LogP contribution in [0.3, 0.4) is 0 Å². The maximum Gasteiger partial charge on any atom is 0.0190 e. The summed E-state index contributed by atoms with van der Waals surface area (Å²) < 4.78 is 0. The van der Waals surface area contributed by atoms with Crippen LogP contribution < -0.4 is 0 Å². The van der Waals surface area contributed by atoms with Crippen molar-refractivity contribution in [2.75, 3.05) is 0 Å². The fourth-order valence-corrected chi connectivity index (χ4v) is 6.02. The van der Waals surface area contributed by atoms with E-state index in [1.165, 1.54) is 50.1 Å². The molecule has 3 heteroatoms. The van der Waals surface area contributed by atoms with Crippen molar-refractivity contribution in [1.82, 2.24) is 9.97 Å². The first-order valence-electron chi connectivity index (χ1n) is 14.3. The smallest absolute Gasteiger partial charge is 0.0190 e. The van der Waals surface area contributed by atoms with Gasteiger partial charge in [0.05, 0.1) is 0 Å². The summed E-state index contributed by atoms with van der Waals surface area (Å²) in [5.41, 5.74) is 16.7.